The first-order valence-corrected chi connectivity index (χ1v) is 4.02. The fourth-order valence-corrected chi connectivity index (χ4v) is 1.39. The van der Waals surface area contributed by atoms with Crippen LogP contribution in [0.4, 0.5) is 0 Å². The lowest BCUT2D eigenvalue weighted by Crippen LogP contribution is -2.00. The van der Waals surface area contributed by atoms with Gasteiger partial charge in [0, 0.05) is 11.8 Å². The molecule has 0 bridgehead atoms. The van der Waals surface area contributed by atoms with Crippen LogP contribution in [0.5, 0.6) is 0 Å². The average Bonchev–Trinajstić information content (AvgIpc) is 2.47. The molecule has 0 saturated heterocycles. The van der Waals surface area contributed by atoms with E-state index in [0.29, 0.717) is 6.61 Å². The lowest BCUT2D eigenvalue weighted by Gasteiger charge is -2.02. The molecule has 68 valence electrons. The Kier molecular flexibility index (Phi) is 1.77. The van der Waals surface area contributed by atoms with Crippen molar-refractivity contribution in [3.05, 3.63) is 29.1 Å². The van der Waals surface area contributed by atoms with Gasteiger partial charge in [-0.25, -0.2) is 4.79 Å². The van der Waals surface area contributed by atoms with Crippen LogP contribution in [-0.4, -0.2) is 16.1 Å². The quantitative estimate of drug-likeness (QED) is 0.707. The van der Waals surface area contributed by atoms with Gasteiger partial charge < -0.3 is 9.84 Å². The van der Waals surface area contributed by atoms with Gasteiger partial charge in [-0.3, -0.25) is 4.98 Å². The Morgan fingerprint density at radius 1 is 1.77 bits per heavy atom. The Hall–Kier alpha value is -1.42. The summed E-state index contributed by atoms with van der Waals surface area (Å²) in [5.41, 5.74) is 1.95. The van der Waals surface area contributed by atoms with Crippen molar-refractivity contribution < 1.29 is 14.6 Å². The van der Waals surface area contributed by atoms with Crippen LogP contribution < -0.4 is 0 Å². The molecule has 1 aliphatic rings. The summed E-state index contributed by atoms with van der Waals surface area (Å²) in [5.74, 6) is -0.950. The van der Waals surface area contributed by atoms with Gasteiger partial charge in [-0.15, -0.1) is 0 Å². The third kappa shape index (κ3) is 1.29. The summed E-state index contributed by atoms with van der Waals surface area (Å²) in [5, 5.41) is 8.72. The molecule has 1 aromatic heterocycles. The van der Waals surface area contributed by atoms with Crippen LogP contribution in [0.2, 0.25) is 0 Å². The number of rotatable bonds is 1. The third-order valence-corrected chi connectivity index (χ3v) is 2.16. The Labute approximate surface area is 75.2 Å². The van der Waals surface area contributed by atoms with Crippen LogP contribution in [0.3, 0.4) is 0 Å². The molecule has 2 rings (SSSR count). The van der Waals surface area contributed by atoms with Gasteiger partial charge in [0.15, 0.2) is 0 Å². The van der Waals surface area contributed by atoms with Crippen LogP contribution in [-0.2, 0) is 11.3 Å². The van der Waals surface area contributed by atoms with Crippen molar-refractivity contribution in [3.63, 3.8) is 0 Å². The number of carbonyl (C=O) groups is 1. The summed E-state index contributed by atoms with van der Waals surface area (Å²) >= 11 is 0. The molecule has 1 unspecified atom stereocenters. The van der Waals surface area contributed by atoms with Gasteiger partial charge in [-0.05, 0) is 13.0 Å². The van der Waals surface area contributed by atoms with Gasteiger partial charge in [-0.2, -0.15) is 0 Å². The van der Waals surface area contributed by atoms with E-state index in [-0.39, 0.29) is 11.7 Å². The number of pyridine rings is 1. The van der Waals surface area contributed by atoms with Gasteiger partial charge in [0.2, 0.25) is 0 Å². The second-order valence-corrected chi connectivity index (χ2v) is 3.02. The molecular weight excluding hydrogens is 170 g/mol. The van der Waals surface area contributed by atoms with Gasteiger partial charge in [0.05, 0.1) is 24.0 Å². The van der Waals surface area contributed by atoms with Crippen molar-refractivity contribution in [1.29, 1.82) is 0 Å². The molecule has 0 fully saturated rings. The summed E-state index contributed by atoms with van der Waals surface area (Å²) in [7, 11) is 0. The highest BCUT2D eigenvalue weighted by Crippen LogP contribution is 2.28. The lowest BCUT2D eigenvalue weighted by molar-refractivity contribution is 0.0696. The van der Waals surface area contributed by atoms with Gasteiger partial charge in [0.25, 0.3) is 0 Å². The molecule has 0 aromatic carbocycles. The molecule has 0 saturated carbocycles. The molecule has 0 spiro atoms. The van der Waals surface area contributed by atoms with Crippen LogP contribution >= 0.6 is 0 Å². The highest BCUT2D eigenvalue weighted by molar-refractivity contribution is 5.87. The van der Waals surface area contributed by atoms with E-state index < -0.39 is 5.97 Å². The highest BCUT2D eigenvalue weighted by atomic mass is 16.5. The molecule has 4 nitrogen and oxygen atoms in total. The van der Waals surface area contributed by atoms with Crippen LogP contribution in [0.25, 0.3) is 0 Å². The van der Waals surface area contributed by atoms with E-state index >= 15 is 0 Å². The largest absolute Gasteiger partial charge is 0.478 e. The maximum atomic E-state index is 10.6. The van der Waals surface area contributed by atoms with Crippen LogP contribution in [0, 0.1) is 0 Å². The normalized spacial score (nSPS) is 19.9. The second kappa shape index (κ2) is 2.81. The number of hydrogen-bond donors (Lipinski definition) is 1. The van der Waals surface area contributed by atoms with Crippen molar-refractivity contribution in [1.82, 2.24) is 4.98 Å². The zero-order valence-electron chi connectivity index (χ0n) is 7.15. The topological polar surface area (TPSA) is 59.4 Å². The third-order valence-electron chi connectivity index (χ3n) is 2.16. The number of aromatic nitrogens is 1. The number of carboxylic acids is 1. The summed E-state index contributed by atoms with van der Waals surface area (Å²) in [6, 6.07) is 1.63. The maximum Gasteiger partial charge on any atom is 0.337 e. The molecule has 1 atom stereocenters. The van der Waals surface area contributed by atoms with E-state index in [2.05, 4.69) is 4.98 Å². The van der Waals surface area contributed by atoms with Crippen molar-refractivity contribution in [3.8, 4) is 0 Å². The molecule has 2 heterocycles. The Bertz CT molecular complexity index is 362. The fraction of sp³-hybridized carbons (Fsp3) is 0.333. The second-order valence-electron chi connectivity index (χ2n) is 3.02. The number of hydrogen-bond acceptors (Lipinski definition) is 3. The van der Waals surface area contributed by atoms with Crippen molar-refractivity contribution >= 4 is 5.97 Å². The molecule has 1 N–H and O–H groups in total. The number of nitrogens with zero attached hydrogens (tertiary/aromatic N) is 1. The lowest BCUT2D eigenvalue weighted by atomic mass is 10.1. The number of carboxylic acid groups (broad SMARTS) is 1. The minimum absolute atomic E-state index is 0.0400. The van der Waals surface area contributed by atoms with Crippen molar-refractivity contribution in [2.75, 3.05) is 0 Å². The van der Waals surface area contributed by atoms with E-state index in [0.717, 1.165) is 11.3 Å². The monoisotopic (exact) mass is 179 g/mol. The minimum atomic E-state index is -0.950. The molecule has 0 aliphatic carbocycles. The van der Waals surface area contributed by atoms with E-state index in [4.69, 9.17) is 9.84 Å². The molecule has 4 heteroatoms. The summed E-state index contributed by atoms with van der Waals surface area (Å²) < 4.78 is 5.30. The average molecular weight is 179 g/mol. The van der Waals surface area contributed by atoms with Crippen molar-refractivity contribution in [2.45, 2.75) is 19.6 Å². The first-order valence-electron chi connectivity index (χ1n) is 4.02. The Balaban J connectivity index is 2.47. The van der Waals surface area contributed by atoms with Crippen LogP contribution in [0.1, 0.15) is 34.6 Å². The Morgan fingerprint density at radius 2 is 2.54 bits per heavy atom. The fourth-order valence-electron chi connectivity index (χ4n) is 1.39. The number of aromatic carboxylic acids is 1. The zero-order chi connectivity index (χ0) is 9.42. The van der Waals surface area contributed by atoms with E-state index in [1.54, 1.807) is 6.07 Å². The standard InChI is InChI=1S/C9H9NO3/c1-5-7-2-6(9(11)12)3-10-8(7)4-13-5/h2-3,5H,4H2,1H3,(H,11,12). The maximum absolute atomic E-state index is 10.6. The van der Waals surface area contributed by atoms with Crippen molar-refractivity contribution in [2.24, 2.45) is 0 Å². The van der Waals surface area contributed by atoms with Gasteiger partial charge in [-0.1, -0.05) is 0 Å². The summed E-state index contributed by atoms with van der Waals surface area (Å²) in [4.78, 5) is 14.7. The summed E-state index contributed by atoms with van der Waals surface area (Å²) in [6.07, 6.45) is 1.32. The SMILES string of the molecule is CC1OCc2ncc(C(=O)O)cc21. The molecule has 1 aromatic rings. The smallest absolute Gasteiger partial charge is 0.337 e. The van der Waals surface area contributed by atoms with E-state index in [1.807, 2.05) is 6.92 Å². The predicted octanol–water partition coefficient (Wildman–Crippen LogP) is 1.37. The van der Waals surface area contributed by atoms with Gasteiger partial charge >= 0.3 is 5.97 Å². The molecule has 0 amide bonds. The van der Waals surface area contributed by atoms with Gasteiger partial charge in [0.1, 0.15) is 0 Å². The first kappa shape index (κ1) is 8.19. The molecule has 0 radical (unpaired) electrons. The highest BCUT2D eigenvalue weighted by Gasteiger charge is 2.21. The zero-order valence-corrected chi connectivity index (χ0v) is 7.15. The summed E-state index contributed by atoms with van der Waals surface area (Å²) in [6.45, 7) is 2.37. The number of ether oxygens (including phenoxy) is 1. The molecule has 1 aliphatic heterocycles. The van der Waals surface area contributed by atoms with E-state index in [9.17, 15) is 4.79 Å². The van der Waals surface area contributed by atoms with E-state index in [1.165, 1.54) is 6.20 Å². The minimum Gasteiger partial charge on any atom is -0.478 e. The molecule has 13 heavy (non-hydrogen) atoms. The van der Waals surface area contributed by atoms with Crippen LogP contribution in [0.15, 0.2) is 12.3 Å². The Morgan fingerprint density at radius 3 is 3.23 bits per heavy atom. The predicted molar refractivity (Wildman–Crippen MR) is 44.4 cm³/mol. The molecular formula is C9H9NO3. The first-order chi connectivity index (χ1) is 6.18. The number of fused-ring (bicyclic) bond motifs is 1.